The lowest BCUT2D eigenvalue weighted by Crippen LogP contribution is -2.14. The van der Waals surface area contributed by atoms with Crippen LogP contribution < -0.4 is 5.73 Å². The van der Waals surface area contributed by atoms with Crippen molar-refractivity contribution in [2.24, 2.45) is 5.73 Å². The van der Waals surface area contributed by atoms with Crippen LogP contribution >= 0.6 is 15.9 Å². The third kappa shape index (κ3) is 1.21. The molecule has 0 spiro atoms. The third-order valence-corrected chi connectivity index (χ3v) is 2.78. The summed E-state index contributed by atoms with van der Waals surface area (Å²) in [5, 5.41) is 0. The summed E-state index contributed by atoms with van der Waals surface area (Å²) >= 11 is 3.51. The van der Waals surface area contributed by atoms with Crippen molar-refractivity contribution in [3.63, 3.8) is 0 Å². The molecule has 1 radical (unpaired) electrons. The summed E-state index contributed by atoms with van der Waals surface area (Å²) in [6, 6.07) is 9.11. The fraction of sp³-hybridized carbons (Fsp3) is 0.100. The van der Waals surface area contributed by atoms with Crippen LogP contribution in [0.3, 0.4) is 0 Å². The monoisotopic (exact) mass is 222 g/mol. The van der Waals surface area contributed by atoms with Crippen LogP contribution in [0.1, 0.15) is 17.5 Å². The molecule has 0 unspecified atom stereocenters. The fourth-order valence-corrected chi connectivity index (χ4v) is 1.90. The van der Waals surface area contributed by atoms with E-state index in [4.69, 9.17) is 5.73 Å². The molecule has 0 fully saturated rings. The zero-order valence-electron chi connectivity index (χ0n) is 6.55. The number of hydrogen-bond acceptors (Lipinski definition) is 1. The number of rotatable bonds is 0. The van der Waals surface area contributed by atoms with E-state index in [9.17, 15) is 0 Å². The van der Waals surface area contributed by atoms with Gasteiger partial charge in [-0.05, 0) is 17.5 Å². The standard InChI is InChI=1S/C10H9BrN/c11-9-5-6-10(12)8-4-2-1-3-7(8)9/h1-5H,6,12H2. The lowest BCUT2D eigenvalue weighted by atomic mass is 9.94. The lowest BCUT2D eigenvalue weighted by molar-refractivity contribution is 0.976. The predicted octanol–water partition coefficient (Wildman–Crippen LogP) is 2.66. The molecule has 1 nitrogen and oxygen atoms in total. The van der Waals surface area contributed by atoms with Crippen LogP contribution in [-0.2, 0) is 0 Å². The molecular formula is C10H9BrN. The summed E-state index contributed by atoms with van der Waals surface area (Å²) in [4.78, 5) is 0. The van der Waals surface area contributed by atoms with Gasteiger partial charge < -0.3 is 5.73 Å². The van der Waals surface area contributed by atoms with Crippen LogP contribution in [0.15, 0.2) is 30.3 Å². The molecule has 2 rings (SSSR count). The Morgan fingerprint density at radius 1 is 1.17 bits per heavy atom. The minimum absolute atomic E-state index is 0.845. The van der Waals surface area contributed by atoms with Gasteiger partial charge >= 0.3 is 0 Å². The van der Waals surface area contributed by atoms with Gasteiger partial charge in [0.05, 0.1) is 6.04 Å². The Hall–Kier alpha value is -0.600. The van der Waals surface area contributed by atoms with Crippen molar-refractivity contribution in [3.05, 3.63) is 47.5 Å². The Labute approximate surface area is 80.4 Å². The molecule has 0 aliphatic heterocycles. The van der Waals surface area contributed by atoms with Crippen LogP contribution in [0.25, 0.3) is 4.48 Å². The second-order valence-corrected chi connectivity index (χ2v) is 3.68. The molecule has 0 aromatic heterocycles. The number of nitrogens with two attached hydrogens (primary N) is 1. The highest BCUT2D eigenvalue weighted by Gasteiger charge is 2.16. The first-order chi connectivity index (χ1) is 5.79. The third-order valence-electron chi connectivity index (χ3n) is 2.03. The number of halogens is 1. The van der Waals surface area contributed by atoms with E-state index in [1.807, 2.05) is 12.1 Å². The summed E-state index contributed by atoms with van der Waals surface area (Å²) in [5.74, 6) is 0. The highest BCUT2D eigenvalue weighted by molar-refractivity contribution is 9.15. The van der Waals surface area contributed by atoms with Crippen molar-refractivity contribution in [2.75, 3.05) is 0 Å². The van der Waals surface area contributed by atoms with Crippen molar-refractivity contribution in [1.82, 2.24) is 0 Å². The van der Waals surface area contributed by atoms with Gasteiger partial charge in [0.25, 0.3) is 0 Å². The molecule has 1 aromatic rings. The van der Waals surface area contributed by atoms with E-state index in [-0.39, 0.29) is 0 Å². The van der Waals surface area contributed by atoms with Gasteiger partial charge in [-0.15, -0.1) is 0 Å². The van der Waals surface area contributed by atoms with Crippen molar-refractivity contribution >= 4 is 20.4 Å². The molecule has 0 amide bonds. The Balaban J connectivity index is 2.58. The zero-order chi connectivity index (χ0) is 8.55. The van der Waals surface area contributed by atoms with Gasteiger partial charge in [0, 0.05) is 4.48 Å². The average molecular weight is 223 g/mol. The fourth-order valence-electron chi connectivity index (χ4n) is 1.39. The maximum Gasteiger partial charge on any atom is 0.0679 e. The Bertz CT molecular complexity index is 330. The van der Waals surface area contributed by atoms with Gasteiger partial charge in [-0.1, -0.05) is 46.3 Å². The molecule has 0 saturated heterocycles. The van der Waals surface area contributed by atoms with Crippen molar-refractivity contribution in [2.45, 2.75) is 6.42 Å². The molecule has 0 saturated carbocycles. The second kappa shape index (κ2) is 3.04. The second-order valence-electron chi connectivity index (χ2n) is 2.83. The molecule has 12 heavy (non-hydrogen) atoms. The molecule has 0 bridgehead atoms. The van der Waals surface area contributed by atoms with E-state index in [2.05, 4.69) is 34.1 Å². The molecule has 1 aromatic carbocycles. The summed E-state index contributed by atoms with van der Waals surface area (Å²) in [7, 11) is 0. The molecule has 1 aliphatic carbocycles. The largest absolute Gasteiger partial charge is 0.319 e. The van der Waals surface area contributed by atoms with Gasteiger partial charge in [-0.3, -0.25) is 0 Å². The van der Waals surface area contributed by atoms with E-state index >= 15 is 0 Å². The zero-order valence-corrected chi connectivity index (χ0v) is 8.14. The smallest absolute Gasteiger partial charge is 0.0679 e. The minimum Gasteiger partial charge on any atom is -0.319 e. The molecule has 0 heterocycles. The van der Waals surface area contributed by atoms with Gasteiger partial charge in [-0.25, -0.2) is 0 Å². The number of hydrogen-bond donors (Lipinski definition) is 1. The summed E-state index contributed by atoms with van der Waals surface area (Å²) in [6.45, 7) is 0. The van der Waals surface area contributed by atoms with E-state index in [1.165, 1.54) is 5.56 Å². The summed E-state index contributed by atoms with van der Waals surface area (Å²) in [6.07, 6.45) is 2.94. The van der Waals surface area contributed by atoms with Crippen molar-refractivity contribution < 1.29 is 0 Å². The van der Waals surface area contributed by atoms with Crippen molar-refractivity contribution in [1.29, 1.82) is 0 Å². The highest BCUT2D eigenvalue weighted by Crippen LogP contribution is 2.33. The minimum atomic E-state index is 0.845. The Morgan fingerprint density at radius 3 is 2.50 bits per heavy atom. The number of benzene rings is 1. The number of fused-ring (bicyclic) bond motifs is 1. The summed E-state index contributed by atoms with van der Waals surface area (Å²) < 4.78 is 1.15. The van der Waals surface area contributed by atoms with Crippen LogP contribution in [0.5, 0.6) is 0 Å². The first kappa shape index (κ1) is 8.02. The SMILES string of the molecule is N[C]1CC=C(Br)c2ccccc21. The summed E-state index contributed by atoms with van der Waals surface area (Å²) in [5.41, 5.74) is 8.21. The van der Waals surface area contributed by atoms with Gasteiger partial charge in [0.2, 0.25) is 0 Å². The van der Waals surface area contributed by atoms with E-state index < -0.39 is 0 Å². The van der Waals surface area contributed by atoms with Gasteiger partial charge in [-0.2, -0.15) is 0 Å². The first-order valence-electron chi connectivity index (χ1n) is 3.86. The molecule has 0 atom stereocenters. The van der Waals surface area contributed by atoms with Crippen LogP contribution in [0.2, 0.25) is 0 Å². The normalized spacial score (nSPS) is 17.0. The van der Waals surface area contributed by atoms with Gasteiger partial charge in [0.1, 0.15) is 0 Å². The predicted molar refractivity (Wildman–Crippen MR) is 54.5 cm³/mol. The highest BCUT2D eigenvalue weighted by atomic mass is 79.9. The van der Waals surface area contributed by atoms with Gasteiger partial charge in [0.15, 0.2) is 0 Å². The Kier molecular flexibility index (Phi) is 2.03. The van der Waals surface area contributed by atoms with E-state index in [1.54, 1.807) is 0 Å². The quantitative estimate of drug-likeness (QED) is 0.718. The molecule has 2 N–H and O–H groups in total. The lowest BCUT2D eigenvalue weighted by Gasteiger charge is -2.18. The molecule has 2 heteroatoms. The van der Waals surface area contributed by atoms with Crippen molar-refractivity contribution in [3.8, 4) is 0 Å². The topological polar surface area (TPSA) is 26.0 Å². The maximum atomic E-state index is 5.86. The molecule has 61 valence electrons. The van der Waals surface area contributed by atoms with Crippen LogP contribution in [0.4, 0.5) is 0 Å². The van der Waals surface area contributed by atoms with Crippen LogP contribution in [0, 0.1) is 6.04 Å². The average Bonchev–Trinajstić information content (AvgIpc) is 2.12. The first-order valence-corrected chi connectivity index (χ1v) is 4.65. The van der Waals surface area contributed by atoms with E-state index in [0.29, 0.717) is 0 Å². The maximum absolute atomic E-state index is 5.86. The Morgan fingerprint density at radius 2 is 1.83 bits per heavy atom. The van der Waals surface area contributed by atoms with Crippen LogP contribution in [-0.4, -0.2) is 0 Å². The van der Waals surface area contributed by atoms with E-state index in [0.717, 1.165) is 22.5 Å². The molecule has 1 aliphatic rings. The molecular weight excluding hydrogens is 214 g/mol.